The first-order chi connectivity index (χ1) is 9.00. The Morgan fingerprint density at radius 3 is 2.89 bits per heavy atom. The number of halogens is 3. The molecule has 1 heterocycles. The van der Waals surface area contributed by atoms with Crippen molar-refractivity contribution in [1.29, 1.82) is 0 Å². The first kappa shape index (κ1) is 13.3. The maximum absolute atomic E-state index is 12.6. The number of hydrogen-bond donors (Lipinski definition) is 1. The Kier molecular flexibility index (Phi) is 3.65. The van der Waals surface area contributed by atoms with Gasteiger partial charge in [-0.3, -0.25) is 5.01 Å². The minimum absolute atomic E-state index is 0.356. The van der Waals surface area contributed by atoms with Crippen LogP contribution in [0.1, 0.15) is 12.0 Å². The Morgan fingerprint density at radius 2 is 2.21 bits per heavy atom. The van der Waals surface area contributed by atoms with E-state index in [9.17, 15) is 13.2 Å². The van der Waals surface area contributed by atoms with Crippen LogP contribution in [0.3, 0.4) is 0 Å². The summed E-state index contributed by atoms with van der Waals surface area (Å²) in [4.78, 5) is 0. The van der Waals surface area contributed by atoms with E-state index in [4.69, 9.17) is 6.42 Å². The number of nitrogens with one attached hydrogen (secondary N) is 1. The summed E-state index contributed by atoms with van der Waals surface area (Å²) in [6, 6.07) is 5.11. The van der Waals surface area contributed by atoms with E-state index in [1.165, 1.54) is 11.1 Å². The molecule has 0 radical (unpaired) electrons. The van der Waals surface area contributed by atoms with E-state index in [-0.39, 0.29) is 0 Å². The van der Waals surface area contributed by atoms with Crippen LogP contribution in [-0.4, -0.2) is 18.9 Å². The molecule has 100 valence electrons. The fraction of sp³-hybridized carbons (Fsp3) is 0.308. The van der Waals surface area contributed by atoms with Crippen LogP contribution in [0, 0.1) is 12.3 Å². The maximum Gasteiger partial charge on any atom is 0.416 e. The lowest BCUT2D eigenvalue weighted by Gasteiger charge is -2.15. The first-order valence-corrected chi connectivity index (χ1v) is 5.70. The molecule has 0 fully saturated rings. The molecule has 0 spiro atoms. The smallest absolute Gasteiger partial charge is 0.361 e. The fourth-order valence-corrected chi connectivity index (χ4v) is 1.76. The summed E-state index contributed by atoms with van der Waals surface area (Å²) < 4.78 is 37.8. The highest BCUT2D eigenvalue weighted by Gasteiger charge is 2.31. The highest BCUT2D eigenvalue weighted by Crippen LogP contribution is 2.32. The SMILES string of the molecule is C#CCNC1=NN(c2cccc(C(F)(F)F)c2)CC1. The van der Waals surface area contributed by atoms with Crippen LogP contribution in [0.4, 0.5) is 18.9 Å². The monoisotopic (exact) mass is 267 g/mol. The molecule has 0 saturated carbocycles. The summed E-state index contributed by atoms with van der Waals surface area (Å²) in [6.45, 7) is 0.892. The van der Waals surface area contributed by atoms with Crippen molar-refractivity contribution < 1.29 is 13.2 Å². The van der Waals surface area contributed by atoms with Crippen molar-refractivity contribution in [2.75, 3.05) is 18.1 Å². The number of amidine groups is 1. The summed E-state index contributed by atoms with van der Waals surface area (Å²) in [5.74, 6) is 3.11. The molecule has 2 rings (SSSR count). The minimum atomic E-state index is -4.34. The lowest BCUT2D eigenvalue weighted by Crippen LogP contribution is -2.21. The molecule has 0 atom stereocenters. The molecule has 1 aliphatic heterocycles. The van der Waals surface area contributed by atoms with Gasteiger partial charge < -0.3 is 5.32 Å². The van der Waals surface area contributed by atoms with Crippen LogP contribution >= 0.6 is 0 Å². The van der Waals surface area contributed by atoms with E-state index in [0.29, 0.717) is 31.0 Å². The molecular weight excluding hydrogens is 255 g/mol. The number of terminal acetylenes is 1. The van der Waals surface area contributed by atoms with E-state index in [1.54, 1.807) is 6.07 Å². The number of hydrazone groups is 1. The number of hydrogen-bond acceptors (Lipinski definition) is 3. The average molecular weight is 267 g/mol. The average Bonchev–Trinajstić information content (AvgIpc) is 2.84. The molecule has 0 saturated heterocycles. The van der Waals surface area contributed by atoms with Gasteiger partial charge in [-0.2, -0.15) is 18.3 Å². The van der Waals surface area contributed by atoms with Gasteiger partial charge in [0.15, 0.2) is 0 Å². The summed E-state index contributed by atoms with van der Waals surface area (Å²) in [5.41, 5.74) is -0.252. The zero-order valence-electron chi connectivity index (χ0n) is 10.0. The predicted octanol–water partition coefficient (Wildman–Crippen LogP) is 2.45. The largest absolute Gasteiger partial charge is 0.416 e. The topological polar surface area (TPSA) is 27.6 Å². The van der Waals surface area contributed by atoms with E-state index >= 15 is 0 Å². The second-order valence-corrected chi connectivity index (χ2v) is 4.03. The molecule has 0 aliphatic carbocycles. The molecule has 6 heteroatoms. The standard InChI is InChI=1S/C13H12F3N3/c1-2-7-17-12-6-8-19(18-12)11-5-3-4-10(9-11)13(14,15)16/h1,3-5,9H,6-8H2,(H,17,18). The second-order valence-electron chi connectivity index (χ2n) is 4.03. The van der Waals surface area contributed by atoms with Gasteiger partial charge in [-0.1, -0.05) is 12.0 Å². The van der Waals surface area contributed by atoms with Crippen molar-refractivity contribution in [2.24, 2.45) is 5.10 Å². The van der Waals surface area contributed by atoms with Crippen molar-refractivity contribution >= 4 is 11.5 Å². The van der Waals surface area contributed by atoms with Crippen molar-refractivity contribution in [3.8, 4) is 12.3 Å². The lowest BCUT2D eigenvalue weighted by molar-refractivity contribution is -0.137. The molecular formula is C13H12F3N3. The number of rotatable bonds is 2. The summed E-state index contributed by atoms with van der Waals surface area (Å²) >= 11 is 0. The van der Waals surface area contributed by atoms with Crippen LogP contribution in [0.15, 0.2) is 29.4 Å². The van der Waals surface area contributed by atoms with Crippen molar-refractivity contribution in [1.82, 2.24) is 5.32 Å². The zero-order chi connectivity index (χ0) is 13.9. The molecule has 19 heavy (non-hydrogen) atoms. The van der Waals surface area contributed by atoms with Gasteiger partial charge in [-0.25, -0.2) is 0 Å². The molecule has 0 bridgehead atoms. The normalized spacial score (nSPS) is 15.1. The van der Waals surface area contributed by atoms with Crippen LogP contribution < -0.4 is 10.3 Å². The van der Waals surface area contributed by atoms with Gasteiger partial charge in [0.25, 0.3) is 0 Å². The first-order valence-electron chi connectivity index (χ1n) is 5.70. The Balaban J connectivity index is 2.16. The number of benzene rings is 1. The summed E-state index contributed by atoms with van der Waals surface area (Å²) in [6.07, 6.45) is 1.41. The molecule has 1 aliphatic rings. The fourth-order valence-electron chi connectivity index (χ4n) is 1.76. The maximum atomic E-state index is 12.6. The predicted molar refractivity (Wildman–Crippen MR) is 67.7 cm³/mol. The molecule has 0 unspecified atom stereocenters. The second kappa shape index (κ2) is 5.22. The van der Waals surface area contributed by atoms with Gasteiger partial charge in [0.1, 0.15) is 5.84 Å². The van der Waals surface area contributed by atoms with Gasteiger partial charge in [0, 0.05) is 13.0 Å². The molecule has 1 aromatic carbocycles. The Bertz CT molecular complexity index is 529. The third kappa shape index (κ3) is 3.19. The number of alkyl halides is 3. The van der Waals surface area contributed by atoms with Crippen LogP contribution in [-0.2, 0) is 6.18 Å². The van der Waals surface area contributed by atoms with Crippen LogP contribution in [0.5, 0.6) is 0 Å². The minimum Gasteiger partial charge on any atom is -0.361 e. The quantitative estimate of drug-likeness (QED) is 0.833. The van der Waals surface area contributed by atoms with Crippen molar-refractivity contribution in [3.63, 3.8) is 0 Å². The summed E-state index contributed by atoms with van der Waals surface area (Å²) in [7, 11) is 0. The van der Waals surface area contributed by atoms with E-state index in [0.717, 1.165) is 12.1 Å². The highest BCUT2D eigenvalue weighted by molar-refractivity contribution is 5.86. The highest BCUT2D eigenvalue weighted by atomic mass is 19.4. The Morgan fingerprint density at radius 1 is 1.42 bits per heavy atom. The van der Waals surface area contributed by atoms with Crippen molar-refractivity contribution in [3.05, 3.63) is 29.8 Å². The van der Waals surface area contributed by atoms with E-state index in [1.807, 2.05) is 0 Å². The number of anilines is 1. The van der Waals surface area contributed by atoms with Gasteiger partial charge in [0.05, 0.1) is 17.8 Å². The molecule has 1 N–H and O–H groups in total. The van der Waals surface area contributed by atoms with Crippen LogP contribution in [0.2, 0.25) is 0 Å². The van der Waals surface area contributed by atoms with Gasteiger partial charge in [-0.05, 0) is 18.2 Å². The Hall–Kier alpha value is -2.16. The van der Waals surface area contributed by atoms with Gasteiger partial charge in [-0.15, -0.1) is 6.42 Å². The third-order valence-electron chi connectivity index (χ3n) is 2.67. The van der Waals surface area contributed by atoms with E-state index in [2.05, 4.69) is 16.3 Å². The molecule has 3 nitrogen and oxygen atoms in total. The third-order valence-corrected chi connectivity index (χ3v) is 2.67. The van der Waals surface area contributed by atoms with Gasteiger partial charge >= 0.3 is 6.18 Å². The molecule has 1 aromatic rings. The molecule has 0 aromatic heterocycles. The molecule has 0 amide bonds. The Labute approximate surface area is 109 Å². The van der Waals surface area contributed by atoms with Crippen LogP contribution in [0.25, 0.3) is 0 Å². The van der Waals surface area contributed by atoms with E-state index < -0.39 is 11.7 Å². The summed E-state index contributed by atoms with van der Waals surface area (Å²) in [5, 5.41) is 8.66. The number of nitrogens with zero attached hydrogens (tertiary/aromatic N) is 2. The lowest BCUT2D eigenvalue weighted by atomic mass is 10.2. The zero-order valence-corrected chi connectivity index (χ0v) is 10.0. The van der Waals surface area contributed by atoms with Gasteiger partial charge in [0.2, 0.25) is 0 Å². The van der Waals surface area contributed by atoms with Crippen molar-refractivity contribution in [2.45, 2.75) is 12.6 Å².